The summed E-state index contributed by atoms with van der Waals surface area (Å²) >= 11 is 0. The molecule has 4 heteroatoms. The van der Waals surface area contributed by atoms with Crippen LogP contribution in [0.5, 0.6) is 5.75 Å². The molecule has 0 heterocycles. The van der Waals surface area contributed by atoms with E-state index in [2.05, 4.69) is 56.8 Å². The third-order valence-corrected chi connectivity index (χ3v) is 4.38. The lowest BCUT2D eigenvalue weighted by molar-refractivity contribution is -0.140. The van der Waals surface area contributed by atoms with Crippen molar-refractivity contribution in [1.82, 2.24) is 0 Å². The van der Waals surface area contributed by atoms with Crippen molar-refractivity contribution in [3.05, 3.63) is 77.9 Å². The largest absolute Gasteiger partial charge is 0.491 e. The lowest BCUT2D eigenvalue weighted by Crippen LogP contribution is -2.18. The van der Waals surface area contributed by atoms with Gasteiger partial charge in [0.15, 0.2) is 0 Å². The smallest absolute Gasteiger partial charge is 0.333 e. The van der Waals surface area contributed by atoms with Crippen LogP contribution in [0.3, 0.4) is 0 Å². The maximum atomic E-state index is 11.2. The van der Waals surface area contributed by atoms with Gasteiger partial charge in [0.05, 0.1) is 13.2 Å². The molecule has 0 saturated carbocycles. The fourth-order valence-electron chi connectivity index (χ4n) is 2.63. The van der Waals surface area contributed by atoms with E-state index in [0.29, 0.717) is 25.4 Å². The van der Waals surface area contributed by atoms with Gasteiger partial charge < -0.3 is 14.2 Å². The standard InChI is InChI=1S/C23H28O4/c1-18(2)22(24)27-17-15-25-14-16-26-21-12-10-20(11-13-21)23(3,4)19-8-6-5-7-9-19/h5-13H,1,14-17H2,2-4H3. The van der Waals surface area contributed by atoms with Gasteiger partial charge in [0.2, 0.25) is 0 Å². The Kier molecular flexibility index (Phi) is 7.62. The zero-order valence-electron chi connectivity index (χ0n) is 16.4. The van der Waals surface area contributed by atoms with E-state index >= 15 is 0 Å². The van der Waals surface area contributed by atoms with Gasteiger partial charge >= 0.3 is 5.97 Å². The van der Waals surface area contributed by atoms with Gasteiger partial charge in [-0.05, 0) is 30.2 Å². The molecular formula is C23H28O4. The van der Waals surface area contributed by atoms with E-state index in [-0.39, 0.29) is 12.0 Å². The first-order valence-electron chi connectivity index (χ1n) is 9.10. The zero-order valence-corrected chi connectivity index (χ0v) is 16.4. The number of hydrogen-bond acceptors (Lipinski definition) is 4. The molecular weight excluding hydrogens is 340 g/mol. The summed E-state index contributed by atoms with van der Waals surface area (Å²) in [6, 6.07) is 18.6. The highest BCUT2D eigenvalue weighted by molar-refractivity contribution is 5.86. The quantitative estimate of drug-likeness (QED) is 0.351. The van der Waals surface area contributed by atoms with Gasteiger partial charge in [-0.1, -0.05) is 62.9 Å². The van der Waals surface area contributed by atoms with Crippen LogP contribution in [0.25, 0.3) is 0 Å². The van der Waals surface area contributed by atoms with Crippen molar-refractivity contribution in [3.8, 4) is 5.75 Å². The predicted octanol–water partition coefficient (Wildman–Crippen LogP) is 4.53. The Morgan fingerprint density at radius 3 is 2.11 bits per heavy atom. The SMILES string of the molecule is C=C(C)C(=O)OCCOCCOc1ccc(C(C)(C)c2ccccc2)cc1. The van der Waals surface area contributed by atoms with Crippen molar-refractivity contribution in [2.24, 2.45) is 0 Å². The minimum absolute atomic E-state index is 0.0653. The molecule has 0 aliphatic carbocycles. The number of hydrogen-bond donors (Lipinski definition) is 0. The van der Waals surface area contributed by atoms with Crippen molar-refractivity contribution in [3.63, 3.8) is 0 Å². The molecule has 144 valence electrons. The number of carbonyl (C=O) groups is 1. The fourth-order valence-corrected chi connectivity index (χ4v) is 2.63. The topological polar surface area (TPSA) is 44.8 Å². The molecule has 0 aliphatic heterocycles. The van der Waals surface area contributed by atoms with Gasteiger partial charge in [0.1, 0.15) is 19.0 Å². The van der Waals surface area contributed by atoms with E-state index in [9.17, 15) is 4.79 Å². The molecule has 2 aromatic rings. The van der Waals surface area contributed by atoms with Gasteiger partial charge in [0.25, 0.3) is 0 Å². The zero-order chi connectivity index (χ0) is 19.7. The van der Waals surface area contributed by atoms with E-state index in [4.69, 9.17) is 14.2 Å². The molecule has 0 bridgehead atoms. The van der Waals surface area contributed by atoms with Gasteiger partial charge in [0, 0.05) is 11.0 Å². The van der Waals surface area contributed by atoms with Gasteiger partial charge in [-0.15, -0.1) is 0 Å². The van der Waals surface area contributed by atoms with E-state index in [1.54, 1.807) is 6.92 Å². The Hall–Kier alpha value is -2.59. The number of ether oxygens (including phenoxy) is 3. The second-order valence-corrected chi connectivity index (χ2v) is 6.89. The van der Waals surface area contributed by atoms with Gasteiger partial charge in [-0.25, -0.2) is 4.79 Å². The van der Waals surface area contributed by atoms with Crippen molar-refractivity contribution < 1.29 is 19.0 Å². The Morgan fingerprint density at radius 2 is 1.48 bits per heavy atom. The van der Waals surface area contributed by atoms with Crippen molar-refractivity contribution >= 4 is 5.97 Å². The molecule has 27 heavy (non-hydrogen) atoms. The average molecular weight is 368 g/mol. The second kappa shape index (κ2) is 9.93. The molecule has 0 spiro atoms. The molecule has 0 fully saturated rings. The van der Waals surface area contributed by atoms with Crippen molar-refractivity contribution in [2.45, 2.75) is 26.2 Å². The van der Waals surface area contributed by atoms with Crippen molar-refractivity contribution in [2.75, 3.05) is 26.4 Å². The van der Waals surface area contributed by atoms with Crippen LogP contribution >= 0.6 is 0 Å². The van der Waals surface area contributed by atoms with Gasteiger partial charge in [-0.3, -0.25) is 0 Å². The van der Waals surface area contributed by atoms with Crippen LogP contribution in [0.2, 0.25) is 0 Å². The minimum atomic E-state index is -0.395. The summed E-state index contributed by atoms with van der Waals surface area (Å²) in [5.74, 6) is 0.410. The molecule has 0 atom stereocenters. The van der Waals surface area contributed by atoms with E-state index in [1.165, 1.54) is 11.1 Å². The molecule has 0 aliphatic rings. The first-order chi connectivity index (χ1) is 12.9. The highest BCUT2D eigenvalue weighted by Gasteiger charge is 2.22. The summed E-state index contributed by atoms with van der Waals surface area (Å²) in [7, 11) is 0. The van der Waals surface area contributed by atoms with Crippen LogP contribution in [-0.4, -0.2) is 32.4 Å². The molecule has 0 saturated heterocycles. The molecule has 0 unspecified atom stereocenters. The highest BCUT2D eigenvalue weighted by Crippen LogP contribution is 2.32. The molecule has 2 aromatic carbocycles. The Labute approximate surface area is 161 Å². The third-order valence-electron chi connectivity index (χ3n) is 4.38. The second-order valence-electron chi connectivity index (χ2n) is 6.89. The minimum Gasteiger partial charge on any atom is -0.491 e. The van der Waals surface area contributed by atoms with E-state index in [1.807, 2.05) is 18.2 Å². The van der Waals surface area contributed by atoms with Crippen LogP contribution in [0.4, 0.5) is 0 Å². The normalized spacial score (nSPS) is 11.1. The Balaban J connectivity index is 1.73. The fraction of sp³-hybridized carbons (Fsp3) is 0.348. The first kappa shape index (κ1) is 20.7. The maximum Gasteiger partial charge on any atom is 0.333 e. The number of rotatable bonds is 10. The van der Waals surface area contributed by atoms with Crippen LogP contribution in [0.1, 0.15) is 31.9 Å². The summed E-state index contributed by atoms with van der Waals surface area (Å²) < 4.78 is 16.0. The summed E-state index contributed by atoms with van der Waals surface area (Å²) in [5, 5.41) is 0. The average Bonchev–Trinajstić information content (AvgIpc) is 2.68. The van der Waals surface area contributed by atoms with Crippen LogP contribution < -0.4 is 4.74 Å². The lowest BCUT2D eigenvalue weighted by atomic mass is 9.78. The summed E-state index contributed by atoms with van der Waals surface area (Å²) in [5.41, 5.74) is 2.83. The molecule has 0 aromatic heterocycles. The van der Waals surface area contributed by atoms with Gasteiger partial charge in [-0.2, -0.15) is 0 Å². The molecule has 0 N–H and O–H groups in total. The summed E-state index contributed by atoms with van der Waals surface area (Å²) in [6.45, 7) is 11.0. The monoisotopic (exact) mass is 368 g/mol. The maximum absolute atomic E-state index is 11.2. The third kappa shape index (κ3) is 6.26. The predicted molar refractivity (Wildman–Crippen MR) is 107 cm³/mol. The Bertz CT molecular complexity index is 733. The van der Waals surface area contributed by atoms with Crippen molar-refractivity contribution in [1.29, 1.82) is 0 Å². The lowest BCUT2D eigenvalue weighted by Gasteiger charge is -2.26. The van der Waals surface area contributed by atoms with E-state index in [0.717, 1.165) is 5.75 Å². The first-order valence-corrected chi connectivity index (χ1v) is 9.10. The number of carbonyl (C=O) groups excluding carboxylic acids is 1. The molecule has 4 nitrogen and oxygen atoms in total. The highest BCUT2D eigenvalue weighted by atomic mass is 16.6. The van der Waals surface area contributed by atoms with Crippen LogP contribution in [-0.2, 0) is 19.7 Å². The number of benzene rings is 2. The van der Waals surface area contributed by atoms with E-state index < -0.39 is 5.97 Å². The van der Waals surface area contributed by atoms with Crippen LogP contribution in [0, 0.1) is 0 Å². The molecule has 0 radical (unpaired) electrons. The molecule has 0 amide bonds. The number of esters is 1. The van der Waals surface area contributed by atoms with Crippen LogP contribution in [0.15, 0.2) is 66.7 Å². The Morgan fingerprint density at radius 1 is 0.889 bits per heavy atom. The summed E-state index contributed by atoms with van der Waals surface area (Å²) in [6.07, 6.45) is 0. The summed E-state index contributed by atoms with van der Waals surface area (Å²) in [4.78, 5) is 11.2. The molecule has 2 rings (SSSR count).